The van der Waals surface area contributed by atoms with Crippen molar-refractivity contribution in [1.29, 1.82) is 0 Å². The van der Waals surface area contributed by atoms with Crippen molar-refractivity contribution in [2.24, 2.45) is 4.99 Å². The van der Waals surface area contributed by atoms with Crippen LogP contribution in [-0.2, 0) is 0 Å². The molecule has 1 aromatic carbocycles. The molecule has 3 aromatic rings. The Morgan fingerprint density at radius 1 is 1.30 bits per heavy atom. The number of aliphatic imine (C=N–C) groups is 1. The third-order valence-electron chi connectivity index (χ3n) is 4.49. The van der Waals surface area contributed by atoms with Gasteiger partial charge in [-0.15, -0.1) is 0 Å². The van der Waals surface area contributed by atoms with Gasteiger partial charge in [-0.1, -0.05) is 13.0 Å². The molecule has 0 bridgehead atoms. The first-order chi connectivity index (χ1) is 13.0. The van der Waals surface area contributed by atoms with Crippen molar-refractivity contribution >= 4 is 23.4 Å². The van der Waals surface area contributed by atoms with Gasteiger partial charge >= 0.3 is 0 Å². The smallest absolute Gasteiger partial charge is 0.268 e. The molecule has 2 heterocycles. The molecule has 27 heavy (non-hydrogen) atoms. The van der Waals surface area contributed by atoms with Crippen molar-refractivity contribution in [1.82, 2.24) is 9.38 Å². The Kier molecular flexibility index (Phi) is 5.54. The Morgan fingerprint density at radius 2 is 2.04 bits per heavy atom. The fourth-order valence-corrected chi connectivity index (χ4v) is 2.68. The molecule has 6 heteroatoms. The van der Waals surface area contributed by atoms with Crippen molar-refractivity contribution in [3.05, 3.63) is 64.1 Å². The van der Waals surface area contributed by atoms with Gasteiger partial charge in [-0.25, -0.2) is 4.98 Å². The number of nitrogens with zero attached hydrogens (tertiary/aromatic N) is 3. The molecule has 0 amide bonds. The second-order valence-corrected chi connectivity index (χ2v) is 6.47. The van der Waals surface area contributed by atoms with Gasteiger partial charge < -0.3 is 10.1 Å². The Morgan fingerprint density at radius 3 is 2.70 bits per heavy atom. The van der Waals surface area contributed by atoms with E-state index in [9.17, 15) is 4.79 Å². The maximum absolute atomic E-state index is 13.1. The topological polar surface area (TPSA) is 68.0 Å². The van der Waals surface area contributed by atoms with Gasteiger partial charge in [0.15, 0.2) is 0 Å². The lowest BCUT2D eigenvalue weighted by Crippen LogP contribution is -2.25. The molecule has 0 unspecified atom stereocenters. The summed E-state index contributed by atoms with van der Waals surface area (Å²) in [5.41, 5.74) is 2.62. The molecule has 1 atom stereocenters. The Bertz CT molecular complexity index is 1020. The summed E-state index contributed by atoms with van der Waals surface area (Å²) in [5, 5.41) is 3.34. The zero-order valence-electron chi connectivity index (χ0n) is 16.1. The number of benzene rings is 1. The lowest BCUT2D eigenvalue weighted by atomic mass is 10.2. The molecule has 0 saturated heterocycles. The molecule has 0 saturated carbocycles. The van der Waals surface area contributed by atoms with Gasteiger partial charge in [0.25, 0.3) is 5.56 Å². The standard InChI is InChI=1S/C21H24N4O2/c1-5-15(3)23-19-18(13-22-16-8-10-17(27-4)11-9-16)21(26)25-12-6-7-14(2)20(25)24-19/h6-13,15,23H,5H2,1-4H3/t15-/m0/s1. The van der Waals surface area contributed by atoms with Gasteiger partial charge in [-0.3, -0.25) is 14.2 Å². The third-order valence-corrected chi connectivity index (χ3v) is 4.49. The first-order valence-electron chi connectivity index (χ1n) is 9.00. The van der Waals surface area contributed by atoms with Crippen LogP contribution >= 0.6 is 0 Å². The fraction of sp³-hybridized carbons (Fsp3) is 0.286. The highest BCUT2D eigenvalue weighted by Crippen LogP contribution is 2.19. The number of hydrogen-bond donors (Lipinski definition) is 1. The molecule has 1 N–H and O–H groups in total. The molecule has 0 fully saturated rings. The molecule has 0 aliphatic carbocycles. The SMILES string of the molecule is CC[C@H](C)Nc1nc2c(C)cccn2c(=O)c1C=Nc1ccc(OC)cc1. The van der Waals surface area contributed by atoms with Crippen LogP contribution in [0.25, 0.3) is 5.65 Å². The Balaban J connectivity index is 2.10. The normalized spacial score (nSPS) is 12.4. The van der Waals surface area contributed by atoms with Gasteiger partial charge in [0.05, 0.1) is 12.8 Å². The molecule has 0 aliphatic heterocycles. The number of methoxy groups -OCH3 is 1. The van der Waals surface area contributed by atoms with E-state index < -0.39 is 0 Å². The van der Waals surface area contributed by atoms with Crippen LogP contribution in [-0.4, -0.2) is 28.8 Å². The molecule has 0 spiro atoms. The summed E-state index contributed by atoms with van der Waals surface area (Å²) in [6.45, 7) is 6.09. The molecule has 6 nitrogen and oxygen atoms in total. The summed E-state index contributed by atoms with van der Waals surface area (Å²) in [4.78, 5) is 22.2. The van der Waals surface area contributed by atoms with Gasteiger partial charge in [0.2, 0.25) is 0 Å². The molecular weight excluding hydrogens is 340 g/mol. The number of hydrogen-bond acceptors (Lipinski definition) is 5. The highest BCUT2D eigenvalue weighted by Gasteiger charge is 2.14. The lowest BCUT2D eigenvalue weighted by Gasteiger charge is -2.15. The molecule has 140 valence electrons. The Labute approximate surface area is 158 Å². The van der Waals surface area contributed by atoms with Crippen molar-refractivity contribution in [2.75, 3.05) is 12.4 Å². The molecule has 0 radical (unpaired) electrons. The molecule has 0 aliphatic rings. The highest BCUT2D eigenvalue weighted by atomic mass is 16.5. The predicted molar refractivity (Wildman–Crippen MR) is 110 cm³/mol. The Hall–Kier alpha value is -3.15. The average Bonchev–Trinajstić information content (AvgIpc) is 2.69. The van der Waals surface area contributed by atoms with Crippen molar-refractivity contribution in [2.45, 2.75) is 33.2 Å². The maximum Gasteiger partial charge on any atom is 0.268 e. The largest absolute Gasteiger partial charge is 0.497 e. The number of fused-ring (bicyclic) bond motifs is 1. The van der Waals surface area contributed by atoms with Gasteiger partial charge in [-0.05, 0) is 56.2 Å². The minimum Gasteiger partial charge on any atom is -0.497 e. The van der Waals surface area contributed by atoms with Gasteiger partial charge in [0, 0.05) is 18.5 Å². The van der Waals surface area contributed by atoms with Gasteiger partial charge in [-0.2, -0.15) is 0 Å². The summed E-state index contributed by atoms with van der Waals surface area (Å²) in [7, 11) is 1.62. The summed E-state index contributed by atoms with van der Waals surface area (Å²) in [6.07, 6.45) is 4.23. The zero-order chi connectivity index (χ0) is 19.4. The van der Waals surface area contributed by atoms with E-state index in [1.807, 2.05) is 43.3 Å². The quantitative estimate of drug-likeness (QED) is 0.672. The van der Waals surface area contributed by atoms with Crippen molar-refractivity contribution in [3.63, 3.8) is 0 Å². The monoisotopic (exact) mass is 364 g/mol. The van der Waals surface area contributed by atoms with E-state index in [2.05, 4.69) is 24.2 Å². The van der Waals surface area contributed by atoms with E-state index in [-0.39, 0.29) is 11.6 Å². The number of aromatic nitrogens is 2. The average molecular weight is 364 g/mol. The van der Waals surface area contributed by atoms with E-state index in [4.69, 9.17) is 9.72 Å². The van der Waals surface area contributed by atoms with E-state index in [1.165, 1.54) is 0 Å². The molecule has 2 aromatic heterocycles. The zero-order valence-corrected chi connectivity index (χ0v) is 16.1. The summed E-state index contributed by atoms with van der Waals surface area (Å²) < 4.78 is 6.72. The number of nitrogens with one attached hydrogen (secondary N) is 1. The minimum absolute atomic E-state index is 0.147. The minimum atomic E-state index is -0.147. The highest BCUT2D eigenvalue weighted by molar-refractivity contribution is 5.88. The predicted octanol–water partition coefficient (Wildman–Crippen LogP) is 3.97. The van der Waals surface area contributed by atoms with E-state index >= 15 is 0 Å². The van der Waals surface area contributed by atoms with Crippen LogP contribution in [0.4, 0.5) is 11.5 Å². The number of ether oxygens (including phenoxy) is 1. The number of anilines is 1. The van der Waals surface area contributed by atoms with Crippen LogP contribution in [0.2, 0.25) is 0 Å². The van der Waals surface area contributed by atoms with Crippen molar-refractivity contribution < 1.29 is 4.74 Å². The molecule has 3 rings (SSSR count). The number of pyridine rings is 1. The summed E-state index contributed by atoms with van der Waals surface area (Å²) in [6, 6.07) is 11.3. The second-order valence-electron chi connectivity index (χ2n) is 6.47. The van der Waals surface area contributed by atoms with Crippen LogP contribution in [0.1, 0.15) is 31.4 Å². The second kappa shape index (κ2) is 8.03. The molecular formula is C21H24N4O2. The van der Waals surface area contributed by atoms with Crippen LogP contribution in [0.5, 0.6) is 5.75 Å². The summed E-state index contributed by atoms with van der Waals surface area (Å²) >= 11 is 0. The van der Waals surface area contributed by atoms with Crippen LogP contribution in [0.15, 0.2) is 52.4 Å². The first kappa shape index (κ1) is 18.6. The van der Waals surface area contributed by atoms with E-state index in [1.54, 1.807) is 23.9 Å². The number of aryl methyl sites for hydroxylation is 1. The third kappa shape index (κ3) is 4.00. The van der Waals surface area contributed by atoms with Crippen LogP contribution in [0, 0.1) is 6.92 Å². The van der Waals surface area contributed by atoms with E-state index in [0.717, 1.165) is 23.4 Å². The van der Waals surface area contributed by atoms with Crippen LogP contribution < -0.4 is 15.6 Å². The number of rotatable bonds is 6. The van der Waals surface area contributed by atoms with Crippen molar-refractivity contribution in [3.8, 4) is 5.75 Å². The lowest BCUT2D eigenvalue weighted by molar-refractivity contribution is 0.415. The van der Waals surface area contributed by atoms with Crippen LogP contribution in [0.3, 0.4) is 0 Å². The first-order valence-corrected chi connectivity index (χ1v) is 9.00. The van der Waals surface area contributed by atoms with E-state index in [0.29, 0.717) is 17.0 Å². The fourth-order valence-electron chi connectivity index (χ4n) is 2.68. The van der Waals surface area contributed by atoms with Gasteiger partial charge in [0.1, 0.15) is 22.8 Å². The summed E-state index contributed by atoms with van der Waals surface area (Å²) in [5.74, 6) is 1.32. The maximum atomic E-state index is 13.1.